The van der Waals surface area contributed by atoms with Crippen LogP contribution < -0.4 is 5.32 Å². The van der Waals surface area contributed by atoms with Crippen molar-refractivity contribution in [3.8, 4) is 0 Å². The second-order valence-electron chi connectivity index (χ2n) is 8.19. The molecule has 31 heavy (non-hydrogen) atoms. The van der Waals surface area contributed by atoms with Gasteiger partial charge in [0.05, 0.1) is 16.7 Å². The quantitative estimate of drug-likeness (QED) is 0.614. The minimum absolute atomic E-state index is 0.0249. The van der Waals surface area contributed by atoms with Crippen LogP contribution in [0.25, 0.3) is 0 Å². The van der Waals surface area contributed by atoms with E-state index < -0.39 is 10.0 Å². The highest BCUT2D eigenvalue weighted by Gasteiger charge is 2.47. The summed E-state index contributed by atoms with van der Waals surface area (Å²) < 4.78 is 27.1. The van der Waals surface area contributed by atoms with Crippen molar-refractivity contribution >= 4 is 33.4 Å². The van der Waals surface area contributed by atoms with Crippen LogP contribution >= 0.6 is 0 Å². The molecule has 170 valence electrons. The van der Waals surface area contributed by atoms with Crippen LogP contribution in [0.15, 0.2) is 23.1 Å². The first-order valence-corrected chi connectivity index (χ1v) is 12.4. The van der Waals surface area contributed by atoms with Gasteiger partial charge in [0.25, 0.3) is 0 Å². The molecule has 2 aliphatic rings. The Labute approximate surface area is 184 Å². The smallest absolute Gasteiger partial charge is 0.243 e. The Morgan fingerprint density at radius 1 is 1.10 bits per heavy atom. The standard InChI is InChI=1S/C22H31N3O5S/c1-4-24(5-2)31(29,30)19-14-16(11-10-15(19)3)23-20(26)12-13-25-21(27)17-8-6-7-9-18(17)22(25)28/h10-11,14,17-18H,4-9,12-13H2,1-3H3,(H,23,26). The number of carbonyl (C=O) groups is 3. The van der Waals surface area contributed by atoms with Gasteiger partial charge in [0.2, 0.25) is 27.7 Å². The molecule has 0 aromatic heterocycles. The summed E-state index contributed by atoms with van der Waals surface area (Å²) in [6, 6.07) is 4.76. The number of benzene rings is 1. The van der Waals surface area contributed by atoms with E-state index in [2.05, 4.69) is 5.32 Å². The number of sulfonamides is 1. The Morgan fingerprint density at radius 3 is 2.23 bits per heavy atom. The minimum Gasteiger partial charge on any atom is -0.326 e. The summed E-state index contributed by atoms with van der Waals surface area (Å²) in [6.07, 6.45) is 3.38. The van der Waals surface area contributed by atoms with E-state index in [1.807, 2.05) is 0 Å². The van der Waals surface area contributed by atoms with Crippen LogP contribution in [0.3, 0.4) is 0 Å². The third kappa shape index (κ3) is 4.67. The first kappa shape index (κ1) is 23.4. The predicted octanol–water partition coefficient (Wildman–Crippen LogP) is 2.53. The molecule has 3 amide bonds. The van der Waals surface area contributed by atoms with Gasteiger partial charge >= 0.3 is 0 Å². The zero-order valence-corrected chi connectivity index (χ0v) is 19.2. The van der Waals surface area contributed by atoms with Gasteiger partial charge in [-0.05, 0) is 37.5 Å². The molecule has 0 radical (unpaired) electrons. The van der Waals surface area contributed by atoms with Crippen LogP contribution in [0, 0.1) is 18.8 Å². The first-order valence-electron chi connectivity index (χ1n) is 11.0. The van der Waals surface area contributed by atoms with E-state index in [0.29, 0.717) is 24.3 Å². The lowest BCUT2D eigenvalue weighted by atomic mass is 9.81. The van der Waals surface area contributed by atoms with Crippen LogP contribution in [-0.4, -0.2) is 55.0 Å². The number of rotatable bonds is 8. The van der Waals surface area contributed by atoms with Gasteiger partial charge in [-0.2, -0.15) is 4.31 Å². The second-order valence-corrected chi connectivity index (χ2v) is 10.1. The monoisotopic (exact) mass is 449 g/mol. The molecule has 0 bridgehead atoms. The lowest BCUT2D eigenvalue weighted by Crippen LogP contribution is -2.34. The third-order valence-electron chi connectivity index (χ3n) is 6.29. The number of imide groups is 1. The highest BCUT2D eigenvalue weighted by Crippen LogP contribution is 2.38. The van der Waals surface area contributed by atoms with Crippen molar-refractivity contribution in [3.05, 3.63) is 23.8 Å². The molecule has 9 heteroatoms. The Morgan fingerprint density at radius 2 is 1.68 bits per heavy atom. The van der Waals surface area contributed by atoms with E-state index in [1.165, 1.54) is 15.3 Å². The van der Waals surface area contributed by atoms with Gasteiger partial charge in [-0.25, -0.2) is 8.42 Å². The fraction of sp³-hybridized carbons (Fsp3) is 0.591. The maximum atomic E-state index is 12.9. The first-order chi connectivity index (χ1) is 14.7. The van der Waals surface area contributed by atoms with Crippen LogP contribution in [0.2, 0.25) is 0 Å². The molecule has 1 aliphatic heterocycles. The molecule has 8 nitrogen and oxygen atoms in total. The van der Waals surface area contributed by atoms with Gasteiger partial charge in [-0.15, -0.1) is 0 Å². The molecule has 1 heterocycles. The number of nitrogens with zero attached hydrogens (tertiary/aromatic N) is 2. The molecule has 1 saturated heterocycles. The highest BCUT2D eigenvalue weighted by atomic mass is 32.2. The van der Waals surface area contributed by atoms with Crippen LogP contribution in [0.1, 0.15) is 51.5 Å². The van der Waals surface area contributed by atoms with Crippen LogP contribution in [0.4, 0.5) is 5.69 Å². The third-order valence-corrected chi connectivity index (χ3v) is 8.48. The molecule has 1 aromatic carbocycles. The van der Waals surface area contributed by atoms with Gasteiger partial charge < -0.3 is 5.32 Å². The van der Waals surface area contributed by atoms with E-state index in [-0.39, 0.29) is 47.4 Å². The van der Waals surface area contributed by atoms with Gasteiger partial charge in [0.15, 0.2) is 0 Å². The summed E-state index contributed by atoms with van der Waals surface area (Å²) in [5, 5.41) is 2.70. The Balaban J connectivity index is 1.66. The average Bonchev–Trinajstić information content (AvgIpc) is 2.99. The number of likely N-dealkylation sites (tertiary alicyclic amines) is 1. The molecule has 1 N–H and O–H groups in total. The van der Waals surface area contributed by atoms with Crippen molar-refractivity contribution in [2.75, 3.05) is 25.0 Å². The van der Waals surface area contributed by atoms with Crippen molar-refractivity contribution in [2.45, 2.75) is 57.8 Å². The van der Waals surface area contributed by atoms with Crippen LogP contribution in [0.5, 0.6) is 0 Å². The van der Waals surface area contributed by atoms with Gasteiger partial charge in [-0.1, -0.05) is 32.8 Å². The number of carbonyl (C=O) groups excluding carboxylic acids is 3. The highest BCUT2D eigenvalue weighted by molar-refractivity contribution is 7.89. The lowest BCUT2D eigenvalue weighted by Gasteiger charge is -2.20. The predicted molar refractivity (Wildman–Crippen MR) is 117 cm³/mol. The normalized spacial score (nSPS) is 21.5. The summed E-state index contributed by atoms with van der Waals surface area (Å²) in [6.45, 7) is 6.03. The molecule has 0 spiro atoms. The summed E-state index contributed by atoms with van der Waals surface area (Å²) in [7, 11) is -3.66. The number of amides is 3. The SMILES string of the molecule is CCN(CC)S(=O)(=O)c1cc(NC(=O)CCN2C(=O)C3CCCCC3C2=O)ccc1C. The van der Waals surface area contributed by atoms with E-state index in [4.69, 9.17) is 0 Å². The lowest BCUT2D eigenvalue weighted by molar-refractivity contribution is -0.140. The molecule has 1 aromatic rings. The zero-order chi connectivity index (χ0) is 22.8. The van der Waals surface area contributed by atoms with Crippen LogP contribution in [-0.2, 0) is 24.4 Å². The topological polar surface area (TPSA) is 104 Å². The summed E-state index contributed by atoms with van der Waals surface area (Å²) in [4.78, 5) is 38.9. The van der Waals surface area contributed by atoms with Crippen molar-refractivity contribution < 1.29 is 22.8 Å². The van der Waals surface area contributed by atoms with Crippen molar-refractivity contribution in [3.63, 3.8) is 0 Å². The Bertz CT molecular complexity index is 947. The number of hydrogen-bond acceptors (Lipinski definition) is 5. The second kappa shape index (κ2) is 9.48. The molecule has 3 rings (SSSR count). The zero-order valence-electron chi connectivity index (χ0n) is 18.4. The van der Waals surface area contributed by atoms with Crippen molar-refractivity contribution in [1.29, 1.82) is 0 Å². The molecular weight excluding hydrogens is 418 g/mol. The molecular formula is C22H31N3O5S. The van der Waals surface area contributed by atoms with E-state index >= 15 is 0 Å². The number of nitrogens with one attached hydrogen (secondary N) is 1. The summed E-state index contributed by atoms with van der Waals surface area (Å²) in [5.74, 6) is -1.15. The van der Waals surface area contributed by atoms with Gasteiger partial charge in [0, 0.05) is 31.7 Å². The molecule has 2 unspecified atom stereocenters. The maximum Gasteiger partial charge on any atom is 0.243 e. The van der Waals surface area contributed by atoms with Crippen molar-refractivity contribution in [1.82, 2.24) is 9.21 Å². The summed E-state index contributed by atoms with van der Waals surface area (Å²) >= 11 is 0. The number of hydrogen-bond donors (Lipinski definition) is 1. The Hall–Kier alpha value is -2.26. The van der Waals surface area contributed by atoms with Gasteiger partial charge in [0.1, 0.15) is 0 Å². The number of aryl methyl sites for hydroxylation is 1. The fourth-order valence-corrected chi connectivity index (χ4v) is 6.26. The summed E-state index contributed by atoms with van der Waals surface area (Å²) in [5.41, 5.74) is 0.967. The van der Waals surface area contributed by atoms with Crippen molar-refractivity contribution in [2.24, 2.45) is 11.8 Å². The number of fused-ring (bicyclic) bond motifs is 1. The molecule has 2 fully saturated rings. The number of anilines is 1. The van der Waals surface area contributed by atoms with Gasteiger partial charge in [-0.3, -0.25) is 19.3 Å². The minimum atomic E-state index is -3.66. The van der Waals surface area contributed by atoms with E-state index in [0.717, 1.165) is 25.7 Å². The maximum absolute atomic E-state index is 12.9. The fourth-order valence-electron chi connectivity index (χ4n) is 4.55. The van der Waals surface area contributed by atoms with E-state index in [1.54, 1.807) is 32.9 Å². The molecule has 1 saturated carbocycles. The molecule has 1 aliphatic carbocycles. The average molecular weight is 450 g/mol. The molecule has 2 atom stereocenters. The van der Waals surface area contributed by atoms with E-state index in [9.17, 15) is 22.8 Å². The Kier molecular flexibility index (Phi) is 7.16. The largest absolute Gasteiger partial charge is 0.326 e.